The number of halogens is 2. The van der Waals surface area contributed by atoms with Crippen LogP contribution in [0.4, 0.5) is 0 Å². The van der Waals surface area contributed by atoms with Gasteiger partial charge in [-0.05, 0) is 6.42 Å². The molecule has 7 heavy (non-hydrogen) atoms. The molecular weight excluding hydrogens is 150 g/mol. The highest BCUT2D eigenvalue weighted by Crippen LogP contribution is 2.05. The van der Waals surface area contributed by atoms with Gasteiger partial charge in [0.25, 0.3) is 0 Å². The lowest BCUT2D eigenvalue weighted by Crippen LogP contribution is -1.94. The largest absolute Gasteiger partial charge is 0.516 e. The number of alkyl halides is 2. The molecule has 0 aliphatic carbocycles. The standard InChI is InChI=1S/C3H5Cl2O.Al/c4-3(5)1-2-6;/h3H,1-2H2;/q-1;+1. The van der Waals surface area contributed by atoms with Gasteiger partial charge in [0.1, 0.15) is 4.84 Å². The lowest BCUT2D eigenvalue weighted by Gasteiger charge is -1.97. The van der Waals surface area contributed by atoms with E-state index in [1.54, 1.807) is 0 Å². The molecule has 0 saturated heterocycles. The Morgan fingerprint density at radius 3 is 2.29 bits per heavy atom. The molecule has 0 rings (SSSR count). The zero-order chi connectivity index (χ0) is 5.70. The first-order valence-corrected chi connectivity index (χ1v) is 3.21. The van der Waals surface area contributed by atoms with E-state index in [9.17, 15) is 0 Å². The Morgan fingerprint density at radius 1 is 1.57 bits per heavy atom. The van der Waals surface area contributed by atoms with E-state index in [1.807, 2.05) is 0 Å². The third-order valence-corrected chi connectivity index (χ3v) is 1.13. The van der Waals surface area contributed by atoms with Gasteiger partial charge < -0.3 is 3.79 Å². The first-order chi connectivity index (χ1) is 3.27. The lowest BCUT2D eigenvalue weighted by molar-refractivity contribution is 0.347. The van der Waals surface area contributed by atoms with E-state index in [-0.39, 0.29) is 4.84 Å². The summed E-state index contributed by atoms with van der Waals surface area (Å²) in [6, 6.07) is 0. The van der Waals surface area contributed by atoms with Gasteiger partial charge in [0.15, 0.2) is 0 Å². The Hall–Kier alpha value is 1.07. The average molecular weight is 155 g/mol. The summed E-state index contributed by atoms with van der Waals surface area (Å²) >= 11 is 12.8. The first-order valence-electron chi connectivity index (χ1n) is 1.87. The van der Waals surface area contributed by atoms with E-state index in [0.717, 1.165) is 0 Å². The predicted octanol–water partition coefficient (Wildman–Crippen LogP) is 1.28. The maximum absolute atomic E-state index is 5.33. The Bertz CT molecular complexity index is 41.9. The van der Waals surface area contributed by atoms with Gasteiger partial charge in [-0.2, -0.15) is 0 Å². The molecule has 0 aromatic rings. The highest BCUT2D eigenvalue weighted by molar-refractivity contribution is 6.44. The first kappa shape index (κ1) is 8.07. The highest BCUT2D eigenvalue weighted by atomic mass is 35.5. The highest BCUT2D eigenvalue weighted by Gasteiger charge is 1.93. The van der Waals surface area contributed by atoms with E-state index in [2.05, 4.69) is 20.4 Å². The molecule has 2 radical (unpaired) electrons. The van der Waals surface area contributed by atoms with Crippen molar-refractivity contribution in [2.75, 3.05) is 6.61 Å². The number of hydrogen-bond acceptors (Lipinski definition) is 1. The fraction of sp³-hybridized carbons (Fsp3) is 1.00. The molecule has 0 aliphatic rings. The van der Waals surface area contributed by atoms with Crippen molar-refractivity contribution in [1.29, 1.82) is 0 Å². The van der Waals surface area contributed by atoms with Crippen LogP contribution in [-0.2, 0) is 3.79 Å². The van der Waals surface area contributed by atoms with Crippen molar-refractivity contribution in [2.45, 2.75) is 11.3 Å². The van der Waals surface area contributed by atoms with Crippen LogP contribution >= 0.6 is 23.2 Å². The minimum absolute atomic E-state index is 0.291. The third kappa shape index (κ3) is 7.07. The molecule has 0 saturated carbocycles. The molecule has 0 unspecified atom stereocenters. The zero-order valence-corrected chi connectivity index (χ0v) is 6.40. The molecule has 0 aromatic carbocycles. The Balaban J connectivity index is 2.68. The van der Waals surface area contributed by atoms with Gasteiger partial charge in [0.05, 0.1) is 0 Å². The lowest BCUT2D eigenvalue weighted by atomic mass is 10.5. The Morgan fingerprint density at radius 2 is 2.14 bits per heavy atom. The smallest absolute Gasteiger partial charge is 0.369 e. The molecule has 0 N–H and O–H groups in total. The van der Waals surface area contributed by atoms with Crippen molar-refractivity contribution in [3.63, 3.8) is 0 Å². The van der Waals surface area contributed by atoms with Crippen LogP contribution in [0, 0.1) is 0 Å². The maximum Gasteiger partial charge on any atom is 0.369 e. The second kappa shape index (κ2) is 5.21. The van der Waals surface area contributed by atoms with Crippen molar-refractivity contribution in [3.8, 4) is 0 Å². The molecule has 4 heteroatoms. The van der Waals surface area contributed by atoms with Crippen LogP contribution in [0.2, 0.25) is 0 Å². The van der Waals surface area contributed by atoms with E-state index >= 15 is 0 Å². The van der Waals surface area contributed by atoms with E-state index in [4.69, 9.17) is 23.2 Å². The van der Waals surface area contributed by atoms with Crippen molar-refractivity contribution in [3.05, 3.63) is 0 Å². The van der Waals surface area contributed by atoms with Crippen LogP contribution in [-0.4, -0.2) is 28.1 Å². The van der Waals surface area contributed by atoms with Crippen molar-refractivity contribution < 1.29 is 3.79 Å². The molecule has 0 atom stereocenters. The molecule has 0 aliphatic heterocycles. The van der Waals surface area contributed by atoms with E-state index in [0.29, 0.717) is 13.0 Å². The minimum atomic E-state index is -0.291. The Kier molecular flexibility index (Phi) is 6.01. The molecule has 0 aromatic heterocycles. The van der Waals surface area contributed by atoms with E-state index in [1.165, 1.54) is 0 Å². The van der Waals surface area contributed by atoms with Gasteiger partial charge in [-0.25, -0.2) is 0 Å². The van der Waals surface area contributed by atoms with Gasteiger partial charge in [-0.15, -0.1) is 23.2 Å². The van der Waals surface area contributed by atoms with Gasteiger partial charge >= 0.3 is 16.6 Å². The molecule has 1 nitrogen and oxygen atoms in total. The monoisotopic (exact) mass is 154 g/mol. The van der Waals surface area contributed by atoms with Gasteiger partial charge in [0.2, 0.25) is 0 Å². The molecule has 0 bridgehead atoms. The van der Waals surface area contributed by atoms with Crippen LogP contribution in [0.1, 0.15) is 6.42 Å². The SMILES string of the molecule is [Al][O]CCC(Cl)Cl. The second-order valence-corrected chi connectivity index (χ2v) is 2.66. The van der Waals surface area contributed by atoms with Gasteiger partial charge in [-0.3, -0.25) is 0 Å². The maximum atomic E-state index is 5.33. The molecule has 0 fully saturated rings. The van der Waals surface area contributed by atoms with Crippen LogP contribution in [0.25, 0.3) is 0 Å². The summed E-state index contributed by atoms with van der Waals surface area (Å²) < 4.78 is 4.60. The summed E-state index contributed by atoms with van der Waals surface area (Å²) in [5, 5.41) is 0. The fourth-order valence-electron chi connectivity index (χ4n) is 0.157. The molecule has 0 amide bonds. The summed E-state index contributed by atoms with van der Waals surface area (Å²) in [5.74, 6) is 0. The summed E-state index contributed by atoms with van der Waals surface area (Å²) in [6.07, 6.45) is 0.687. The van der Waals surface area contributed by atoms with Gasteiger partial charge in [-0.1, -0.05) is 0 Å². The number of hydrogen-bond donors (Lipinski definition) is 0. The van der Waals surface area contributed by atoms with Crippen LogP contribution in [0.15, 0.2) is 0 Å². The second-order valence-electron chi connectivity index (χ2n) is 1.05. The van der Waals surface area contributed by atoms with Crippen LogP contribution in [0.5, 0.6) is 0 Å². The predicted molar refractivity (Wildman–Crippen MR) is 31.8 cm³/mol. The topological polar surface area (TPSA) is 9.23 Å². The normalized spacial score (nSPS) is 10.1. The van der Waals surface area contributed by atoms with Crippen LogP contribution in [0.3, 0.4) is 0 Å². The molecular formula is C3H5AlCl2O. The van der Waals surface area contributed by atoms with Gasteiger partial charge in [0, 0.05) is 6.61 Å². The average Bonchev–Trinajstić information content (AvgIpc) is 1.61. The zero-order valence-electron chi connectivity index (χ0n) is 3.73. The quantitative estimate of drug-likeness (QED) is 0.440. The fourth-order valence-corrected chi connectivity index (χ4v) is 0.471. The Labute approximate surface area is 61.7 Å². The van der Waals surface area contributed by atoms with E-state index < -0.39 is 0 Å². The third-order valence-electron chi connectivity index (χ3n) is 0.454. The van der Waals surface area contributed by atoms with Crippen LogP contribution < -0.4 is 0 Å². The molecule has 0 heterocycles. The minimum Gasteiger partial charge on any atom is -0.516 e. The van der Waals surface area contributed by atoms with Crippen molar-refractivity contribution >= 4 is 39.8 Å². The summed E-state index contributed by atoms with van der Waals surface area (Å²) in [4.78, 5) is -0.291. The molecule has 40 valence electrons. The summed E-state index contributed by atoms with van der Waals surface area (Å²) in [7, 11) is 0. The number of rotatable bonds is 3. The summed E-state index contributed by atoms with van der Waals surface area (Å²) in [5.41, 5.74) is 0. The summed E-state index contributed by atoms with van der Waals surface area (Å²) in [6.45, 7) is 0.600. The van der Waals surface area contributed by atoms with Crippen molar-refractivity contribution in [1.82, 2.24) is 0 Å². The molecule has 0 spiro atoms. The van der Waals surface area contributed by atoms with Crippen molar-refractivity contribution in [2.24, 2.45) is 0 Å².